The monoisotopic (exact) mass is 739 g/mol. The molecule has 7 nitrogen and oxygen atoms in total. The largest absolute Gasteiger partial charge is 0.352 e. The number of sulfonamides is 1. The summed E-state index contributed by atoms with van der Waals surface area (Å²) in [6.45, 7) is 5.18. The van der Waals surface area contributed by atoms with Crippen molar-refractivity contribution in [2.75, 3.05) is 10.8 Å². The first kappa shape index (κ1) is 33.4. The second-order valence-electron chi connectivity index (χ2n) is 10.8. The summed E-state index contributed by atoms with van der Waals surface area (Å²) in [6.07, 6.45) is 0.251. The average Bonchev–Trinajstić information content (AvgIpc) is 2.98. The Balaban J connectivity index is 1.81. The predicted molar refractivity (Wildman–Crippen MR) is 182 cm³/mol. The molecule has 1 atom stereocenters. The van der Waals surface area contributed by atoms with E-state index in [-0.39, 0.29) is 29.8 Å². The highest BCUT2D eigenvalue weighted by atomic mass is 79.9. The SMILES string of the molecule is Cc1ccc(S(=O)(=O)N(CC(=O)N(Cc2cccc(Br)c2)[C@@H](Cc2ccccc2)C(=O)NC(C)C)c2cccc(Br)c2)cc1. The third kappa shape index (κ3) is 8.80. The van der Waals surface area contributed by atoms with E-state index < -0.39 is 28.5 Å². The average molecular weight is 742 g/mol. The van der Waals surface area contributed by atoms with Crippen LogP contribution in [0.15, 0.2) is 117 Å². The summed E-state index contributed by atoms with van der Waals surface area (Å²) < 4.78 is 30.8. The van der Waals surface area contributed by atoms with Crippen molar-refractivity contribution in [1.82, 2.24) is 10.2 Å². The third-order valence-corrected chi connectivity index (χ3v) is 9.70. The van der Waals surface area contributed by atoms with Gasteiger partial charge < -0.3 is 10.2 Å². The molecule has 10 heteroatoms. The van der Waals surface area contributed by atoms with Gasteiger partial charge in [0.1, 0.15) is 12.6 Å². The van der Waals surface area contributed by atoms with Crippen LogP contribution in [0.3, 0.4) is 0 Å². The number of nitrogens with one attached hydrogen (secondary N) is 1. The van der Waals surface area contributed by atoms with E-state index in [1.165, 1.54) is 17.0 Å². The highest BCUT2D eigenvalue weighted by Gasteiger charge is 2.35. The van der Waals surface area contributed by atoms with E-state index in [2.05, 4.69) is 37.2 Å². The van der Waals surface area contributed by atoms with E-state index in [1.54, 1.807) is 36.4 Å². The zero-order valence-electron chi connectivity index (χ0n) is 24.8. The second-order valence-corrected chi connectivity index (χ2v) is 14.5. The smallest absolute Gasteiger partial charge is 0.264 e. The van der Waals surface area contributed by atoms with Crippen LogP contribution in [0.25, 0.3) is 0 Å². The molecular weight excluding hydrogens is 706 g/mol. The molecule has 4 aromatic carbocycles. The molecule has 0 saturated heterocycles. The molecule has 0 bridgehead atoms. The number of rotatable bonds is 12. The Kier molecular flexibility index (Phi) is 11.4. The molecule has 1 N–H and O–H groups in total. The first-order chi connectivity index (χ1) is 20.9. The summed E-state index contributed by atoms with van der Waals surface area (Å²) in [6, 6.07) is 29.2. The molecule has 0 aliphatic rings. The minimum Gasteiger partial charge on any atom is -0.352 e. The molecule has 0 spiro atoms. The third-order valence-electron chi connectivity index (χ3n) is 6.93. The maximum Gasteiger partial charge on any atom is 0.264 e. The Bertz CT molecular complexity index is 1700. The van der Waals surface area contributed by atoms with Gasteiger partial charge in [0, 0.05) is 28.0 Å². The molecule has 230 valence electrons. The van der Waals surface area contributed by atoms with Crippen molar-refractivity contribution in [2.24, 2.45) is 0 Å². The van der Waals surface area contributed by atoms with Crippen LogP contribution in [0.5, 0.6) is 0 Å². The first-order valence-corrected chi connectivity index (χ1v) is 17.2. The number of carbonyl (C=O) groups is 2. The number of anilines is 1. The molecule has 44 heavy (non-hydrogen) atoms. The Morgan fingerprint density at radius 1 is 0.795 bits per heavy atom. The van der Waals surface area contributed by atoms with Gasteiger partial charge in [0.25, 0.3) is 10.0 Å². The molecule has 4 aromatic rings. The van der Waals surface area contributed by atoms with Crippen molar-refractivity contribution in [3.8, 4) is 0 Å². The lowest BCUT2D eigenvalue weighted by atomic mass is 10.0. The van der Waals surface area contributed by atoms with Gasteiger partial charge in [-0.25, -0.2) is 8.42 Å². The standard InChI is InChI=1S/C34H35Br2N3O4S/c1-24(2)37-34(41)32(20-26-9-5-4-6-10-26)38(22-27-11-7-12-28(35)19-27)33(40)23-39(30-14-8-13-29(36)21-30)44(42,43)31-17-15-25(3)16-18-31/h4-19,21,24,32H,20,22-23H2,1-3H3,(H,37,41)/t32-/m0/s1. The number of aryl methyl sites for hydroxylation is 1. The fourth-order valence-electron chi connectivity index (χ4n) is 4.76. The van der Waals surface area contributed by atoms with Crippen molar-refractivity contribution in [3.05, 3.63) is 129 Å². The molecule has 0 radical (unpaired) electrons. The number of halogens is 2. The summed E-state index contributed by atoms with van der Waals surface area (Å²) >= 11 is 6.94. The lowest BCUT2D eigenvalue weighted by Gasteiger charge is -2.34. The summed E-state index contributed by atoms with van der Waals surface area (Å²) in [4.78, 5) is 29.8. The topological polar surface area (TPSA) is 86.8 Å². The lowest BCUT2D eigenvalue weighted by Crippen LogP contribution is -2.54. The Morgan fingerprint density at radius 2 is 1.41 bits per heavy atom. The summed E-state index contributed by atoms with van der Waals surface area (Å²) in [5.74, 6) is -0.830. The van der Waals surface area contributed by atoms with Crippen LogP contribution in [0.4, 0.5) is 5.69 Å². The van der Waals surface area contributed by atoms with Crippen molar-refractivity contribution in [3.63, 3.8) is 0 Å². The van der Waals surface area contributed by atoms with Crippen LogP contribution in [0.2, 0.25) is 0 Å². The van der Waals surface area contributed by atoms with Gasteiger partial charge in [0.15, 0.2) is 0 Å². The Morgan fingerprint density at radius 3 is 2.02 bits per heavy atom. The maximum atomic E-state index is 14.5. The van der Waals surface area contributed by atoms with Crippen LogP contribution in [0, 0.1) is 6.92 Å². The van der Waals surface area contributed by atoms with Gasteiger partial charge in [-0.3, -0.25) is 13.9 Å². The fraction of sp³-hybridized carbons (Fsp3) is 0.235. The van der Waals surface area contributed by atoms with Crippen LogP contribution in [-0.2, 0) is 32.6 Å². The van der Waals surface area contributed by atoms with Gasteiger partial charge in [-0.2, -0.15) is 0 Å². The molecule has 0 saturated carbocycles. The number of carbonyl (C=O) groups excluding carboxylic acids is 2. The molecule has 2 amide bonds. The van der Waals surface area contributed by atoms with E-state index in [0.29, 0.717) is 10.2 Å². The van der Waals surface area contributed by atoms with E-state index >= 15 is 0 Å². The zero-order chi connectivity index (χ0) is 31.9. The van der Waals surface area contributed by atoms with Crippen LogP contribution < -0.4 is 9.62 Å². The van der Waals surface area contributed by atoms with Gasteiger partial charge in [0.05, 0.1) is 10.6 Å². The maximum absolute atomic E-state index is 14.5. The minimum absolute atomic E-state index is 0.0628. The molecule has 0 aromatic heterocycles. The zero-order valence-corrected chi connectivity index (χ0v) is 28.8. The van der Waals surface area contributed by atoms with Gasteiger partial charge >= 0.3 is 0 Å². The first-order valence-electron chi connectivity index (χ1n) is 14.2. The number of amides is 2. The van der Waals surface area contributed by atoms with Gasteiger partial charge in [-0.05, 0) is 74.4 Å². The molecule has 0 aliphatic carbocycles. The quantitative estimate of drug-likeness (QED) is 0.172. The minimum atomic E-state index is -4.16. The lowest BCUT2D eigenvalue weighted by molar-refractivity contribution is -0.140. The van der Waals surface area contributed by atoms with Crippen LogP contribution in [0.1, 0.15) is 30.5 Å². The molecule has 0 unspecified atom stereocenters. The van der Waals surface area contributed by atoms with E-state index in [0.717, 1.165) is 25.5 Å². The Labute approximate surface area is 276 Å². The molecule has 0 heterocycles. The van der Waals surface area contributed by atoms with Crippen LogP contribution in [-0.4, -0.2) is 43.8 Å². The number of hydrogen-bond donors (Lipinski definition) is 1. The number of nitrogens with zero attached hydrogens (tertiary/aromatic N) is 2. The highest BCUT2D eigenvalue weighted by molar-refractivity contribution is 9.10. The number of benzene rings is 4. The summed E-state index contributed by atoms with van der Waals surface area (Å²) in [7, 11) is -4.16. The van der Waals surface area contributed by atoms with Gasteiger partial charge in [-0.1, -0.05) is 98.1 Å². The molecule has 0 aliphatic heterocycles. The predicted octanol–water partition coefficient (Wildman–Crippen LogP) is 6.88. The van der Waals surface area contributed by atoms with Crippen molar-refractivity contribution >= 4 is 59.4 Å². The summed E-state index contributed by atoms with van der Waals surface area (Å²) in [5.41, 5.74) is 2.90. The second kappa shape index (κ2) is 15.0. The molecular formula is C34H35Br2N3O4S. The normalized spacial score (nSPS) is 12.0. The van der Waals surface area contributed by atoms with E-state index in [1.807, 2.05) is 75.4 Å². The molecule has 4 rings (SSSR count). The fourth-order valence-corrected chi connectivity index (χ4v) is 7.00. The van der Waals surface area contributed by atoms with Crippen molar-refractivity contribution in [2.45, 2.75) is 50.7 Å². The van der Waals surface area contributed by atoms with Crippen molar-refractivity contribution < 1.29 is 18.0 Å². The van der Waals surface area contributed by atoms with Crippen molar-refractivity contribution in [1.29, 1.82) is 0 Å². The summed E-state index contributed by atoms with van der Waals surface area (Å²) in [5, 5.41) is 2.97. The van der Waals surface area contributed by atoms with E-state index in [9.17, 15) is 18.0 Å². The Hall–Kier alpha value is -3.47. The molecule has 0 fully saturated rings. The number of hydrogen-bond acceptors (Lipinski definition) is 4. The van der Waals surface area contributed by atoms with Crippen LogP contribution >= 0.6 is 31.9 Å². The highest BCUT2D eigenvalue weighted by Crippen LogP contribution is 2.28. The van der Waals surface area contributed by atoms with E-state index in [4.69, 9.17) is 0 Å². The van der Waals surface area contributed by atoms with Gasteiger partial charge in [-0.15, -0.1) is 0 Å². The van der Waals surface area contributed by atoms with Gasteiger partial charge in [0.2, 0.25) is 11.8 Å².